The van der Waals surface area contributed by atoms with Crippen molar-refractivity contribution in [2.45, 2.75) is 24.7 Å². The molecule has 0 saturated carbocycles. The lowest BCUT2D eigenvalue weighted by Gasteiger charge is -2.31. The molecule has 20 heavy (non-hydrogen) atoms. The quantitative estimate of drug-likeness (QED) is 0.688. The van der Waals surface area contributed by atoms with Crippen molar-refractivity contribution in [3.8, 4) is 0 Å². The van der Waals surface area contributed by atoms with E-state index >= 15 is 0 Å². The van der Waals surface area contributed by atoms with Gasteiger partial charge in [-0.3, -0.25) is 0 Å². The normalized spacial score (nSPS) is 23.1. The van der Waals surface area contributed by atoms with Gasteiger partial charge < -0.3 is 5.21 Å². The van der Waals surface area contributed by atoms with Crippen LogP contribution in [-0.2, 0) is 10.0 Å². The number of oxime groups is 1. The standard InChI is InChI=1S/C13H17ClN2O3S/c1-2-10-9-16(7-6-13(10)15-17)20(18,19)12-5-3-4-11(14)8-12/h3-5,8,10,17H,2,6-7,9H2,1H3/b15-13+. The molecule has 0 bridgehead atoms. The van der Waals surface area contributed by atoms with Crippen LogP contribution in [0, 0.1) is 5.92 Å². The van der Waals surface area contributed by atoms with E-state index in [1.807, 2.05) is 6.92 Å². The third-order valence-corrected chi connectivity index (χ3v) is 5.66. The molecule has 1 saturated heterocycles. The Morgan fingerprint density at radius 2 is 2.25 bits per heavy atom. The van der Waals surface area contributed by atoms with Crippen molar-refractivity contribution < 1.29 is 13.6 Å². The SMILES string of the molecule is CCC1CN(S(=O)(=O)c2cccc(Cl)c2)CC/C1=N\O. The summed E-state index contributed by atoms with van der Waals surface area (Å²) >= 11 is 5.86. The molecule has 5 nitrogen and oxygen atoms in total. The number of sulfonamides is 1. The first-order chi connectivity index (χ1) is 9.48. The highest BCUT2D eigenvalue weighted by atomic mass is 35.5. The summed E-state index contributed by atoms with van der Waals surface area (Å²) in [7, 11) is -3.55. The molecule has 7 heteroatoms. The highest BCUT2D eigenvalue weighted by Gasteiger charge is 2.33. The molecule has 0 aromatic heterocycles. The molecule has 1 aliphatic rings. The van der Waals surface area contributed by atoms with Crippen molar-refractivity contribution in [3.63, 3.8) is 0 Å². The molecule has 1 aliphatic heterocycles. The van der Waals surface area contributed by atoms with Crippen molar-refractivity contribution in [2.75, 3.05) is 13.1 Å². The first kappa shape index (κ1) is 15.3. The second-order valence-corrected chi connectivity index (χ2v) is 7.14. The Balaban J connectivity index is 2.27. The van der Waals surface area contributed by atoms with Crippen LogP contribution in [0.2, 0.25) is 5.02 Å². The molecule has 1 heterocycles. The van der Waals surface area contributed by atoms with Gasteiger partial charge in [0.2, 0.25) is 10.0 Å². The van der Waals surface area contributed by atoms with E-state index in [9.17, 15) is 8.42 Å². The molecule has 2 rings (SSSR count). The average Bonchev–Trinajstić information content (AvgIpc) is 2.46. The van der Waals surface area contributed by atoms with Crippen LogP contribution in [0.5, 0.6) is 0 Å². The zero-order valence-corrected chi connectivity index (χ0v) is 12.7. The highest BCUT2D eigenvalue weighted by Crippen LogP contribution is 2.25. The van der Waals surface area contributed by atoms with E-state index in [-0.39, 0.29) is 10.8 Å². The summed E-state index contributed by atoms with van der Waals surface area (Å²) in [6.45, 7) is 2.61. The van der Waals surface area contributed by atoms with Crippen LogP contribution >= 0.6 is 11.6 Å². The van der Waals surface area contributed by atoms with Crippen molar-refractivity contribution >= 4 is 27.3 Å². The lowest BCUT2D eigenvalue weighted by molar-refractivity contribution is 0.295. The second-order valence-electron chi connectivity index (χ2n) is 4.77. The Morgan fingerprint density at radius 3 is 2.85 bits per heavy atom. The third-order valence-electron chi connectivity index (χ3n) is 3.57. The maximum Gasteiger partial charge on any atom is 0.243 e. The summed E-state index contributed by atoms with van der Waals surface area (Å²) in [5.74, 6) is -0.0392. The van der Waals surface area contributed by atoms with Gasteiger partial charge in [-0.15, -0.1) is 0 Å². The van der Waals surface area contributed by atoms with Gasteiger partial charge in [0, 0.05) is 30.5 Å². The molecule has 0 radical (unpaired) electrons. The molecule has 0 amide bonds. The summed E-state index contributed by atoms with van der Waals surface area (Å²) in [6, 6.07) is 6.25. The van der Waals surface area contributed by atoms with Gasteiger partial charge in [0.1, 0.15) is 0 Å². The molecular weight excluding hydrogens is 300 g/mol. The van der Waals surface area contributed by atoms with E-state index < -0.39 is 10.0 Å². The Labute approximate surface area is 123 Å². The first-order valence-corrected chi connectivity index (χ1v) is 8.27. The minimum Gasteiger partial charge on any atom is -0.411 e. The van der Waals surface area contributed by atoms with Gasteiger partial charge in [0.05, 0.1) is 10.6 Å². The van der Waals surface area contributed by atoms with Crippen molar-refractivity contribution in [3.05, 3.63) is 29.3 Å². The Hall–Kier alpha value is -1.11. The summed E-state index contributed by atoms with van der Waals surface area (Å²) < 4.78 is 26.6. The zero-order chi connectivity index (χ0) is 14.8. The topological polar surface area (TPSA) is 70.0 Å². The minimum absolute atomic E-state index is 0.0392. The Kier molecular flexibility index (Phi) is 4.67. The third kappa shape index (κ3) is 2.97. The number of rotatable bonds is 3. The maximum absolute atomic E-state index is 12.6. The minimum atomic E-state index is -3.55. The predicted molar refractivity (Wildman–Crippen MR) is 77.8 cm³/mol. The fourth-order valence-corrected chi connectivity index (χ4v) is 4.16. The summed E-state index contributed by atoms with van der Waals surface area (Å²) in [5.41, 5.74) is 0.671. The van der Waals surface area contributed by atoms with Crippen LogP contribution in [0.4, 0.5) is 0 Å². The largest absolute Gasteiger partial charge is 0.411 e. The molecule has 1 aromatic carbocycles. The molecule has 0 aliphatic carbocycles. The molecule has 1 fully saturated rings. The van der Waals surface area contributed by atoms with Gasteiger partial charge >= 0.3 is 0 Å². The van der Waals surface area contributed by atoms with E-state index in [0.29, 0.717) is 30.2 Å². The molecule has 1 atom stereocenters. The lowest BCUT2D eigenvalue weighted by Crippen LogP contribution is -2.43. The fourth-order valence-electron chi connectivity index (χ4n) is 2.38. The van der Waals surface area contributed by atoms with Crippen LogP contribution in [0.15, 0.2) is 34.3 Å². The average molecular weight is 317 g/mol. The van der Waals surface area contributed by atoms with E-state index in [2.05, 4.69) is 5.16 Å². The smallest absolute Gasteiger partial charge is 0.243 e. The summed E-state index contributed by atoms with van der Waals surface area (Å²) in [6.07, 6.45) is 1.19. The van der Waals surface area contributed by atoms with Gasteiger partial charge in [0.25, 0.3) is 0 Å². The van der Waals surface area contributed by atoms with Gasteiger partial charge in [-0.25, -0.2) is 8.42 Å². The molecule has 0 spiro atoms. The Bertz CT molecular complexity index is 616. The second kappa shape index (κ2) is 6.11. The van der Waals surface area contributed by atoms with Crippen molar-refractivity contribution in [1.29, 1.82) is 0 Å². The molecule has 110 valence electrons. The predicted octanol–water partition coefficient (Wildman–Crippen LogP) is 2.59. The number of hydrogen-bond donors (Lipinski definition) is 1. The first-order valence-electron chi connectivity index (χ1n) is 6.45. The van der Waals surface area contributed by atoms with Crippen LogP contribution in [0.3, 0.4) is 0 Å². The number of hydrogen-bond acceptors (Lipinski definition) is 4. The van der Waals surface area contributed by atoms with Crippen molar-refractivity contribution in [1.82, 2.24) is 4.31 Å². The van der Waals surface area contributed by atoms with E-state index in [0.717, 1.165) is 6.42 Å². The maximum atomic E-state index is 12.6. The molecule has 1 N–H and O–H groups in total. The van der Waals surface area contributed by atoms with Crippen LogP contribution in [-0.4, -0.2) is 36.7 Å². The molecular formula is C13H17ClN2O3S. The van der Waals surface area contributed by atoms with Gasteiger partial charge in [-0.2, -0.15) is 4.31 Å². The van der Waals surface area contributed by atoms with E-state index in [4.69, 9.17) is 16.8 Å². The van der Waals surface area contributed by atoms with Gasteiger partial charge in [0.15, 0.2) is 0 Å². The van der Waals surface area contributed by atoms with Gasteiger partial charge in [-0.05, 0) is 24.6 Å². The lowest BCUT2D eigenvalue weighted by atomic mass is 9.95. The summed E-state index contributed by atoms with van der Waals surface area (Å²) in [4.78, 5) is 0.198. The van der Waals surface area contributed by atoms with E-state index in [1.165, 1.54) is 16.4 Å². The number of piperidine rings is 1. The monoisotopic (exact) mass is 316 g/mol. The fraction of sp³-hybridized carbons (Fsp3) is 0.462. The number of benzene rings is 1. The highest BCUT2D eigenvalue weighted by molar-refractivity contribution is 7.89. The number of nitrogens with zero attached hydrogens (tertiary/aromatic N) is 2. The Morgan fingerprint density at radius 1 is 1.50 bits per heavy atom. The number of halogens is 1. The summed E-state index contributed by atoms with van der Waals surface area (Å²) in [5, 5.41) is 12.6. The van der Waals surface area contributed by atoms with Crippen LogP contribution in [0.1, 0.15) is 19.8 Å². The van der Waals surface area contributed by atoms with Crippen LogP contribution in [0.25, 0.3) is 0 Å². The van der Waals surface area contributed by atoms with Crippen molar-refractivity contribution in [2.24, 2.45) is 11.1 Å². The van der Waals surface area contributed by atoms with E-state index in [1.54, 1.807) is 12.1 Å². The van der Waals surface area contributed by atoms with Crippen LogP contribution < -0.4 is 0 Å². The zero-order valence-electron chi connectivity index (χ0n) is 11.2. The van der Waals surface area contributed by atoms with Gasteiger partial charge in [-0.1, -0.05) is 29.7 Å². The molecule has 1 aromatic rings. The molecule has 1 unspecified atom stereocenters.